The number of halogens is 4. The zero-order valence-corrected chi connectivity index (χ0v) is 16.3. The smallest absolute Gasteiger partial charge is 0.162 e. The first kappa shape index (κ1) is 15.2. The number of hydrogen-bond acceptors (Lipinski definition) is 3. The molecule has 1 aliphatic heterocycles. The van der Waals surface area contributed by atoms with E-state index >= 15 is 0 Å². The van der Waals surface area contributed by atoms with Crippen molar-refractivity contribution in [1.29, 1.82) is 0 Å². The van der Waals surface area contributed by atoms with E-state index < -0.39 is 0 Å². The van der Waals surface area contributed by atoms with Crippen LogP contribution >= 0.6 is 70.7 Å². The van der Waals surface area contributed by atoms with Gasteiger partial charge in [0.1, 0.15) is 13.2 Å². The van der Waals surface area contributed by atoms with Gasteiger partial charge in [-0.1, -0.05) is 27.5 Å². The van der Waals surface area contributed by atoms with Crippen LogP contribution in [0, 0.1) is 0 Å². The topological polar surface area (TPSA) is 18.5 Å². The molecule has 0 saturated carbocycles. The number of fused-ring (bicyclic) bond motifs is 1. The normalized spacial score (nSPS) is 15.2. The molecule has 1 unspecified atom stereocenters. The SMILES string of the molecule is Clc1cc2c(cc1C(Br)c1cc(Br)sc1Br)OCCO2. The fourth-order valence-corrected chi connectivity index (χ4v) is 6.46. The molecular formula is C13H8Br3ClO2S. The maximum Gasteiger partial charge on any atom is 0.162 e. The van der Waals surface area contributed by atoms with Crippen molar-refractivity contribution >= 4 is 70.7 Å². The number of rotatable bonds is 2. The molecule has 0 N–H and O–H groups in total. The van der Waals surface area contributed by atoms with E-state index in [4.69, 9.17) is 21.1 Å². The summed E-state index contributed by atoms with van der Waals surface area (Å²) in [4.78, 5) is -0.0113. The Morgan fingerprint density at radius 1 is 1.05 bits per heavy atom. The van der Waals surface area contributed by atoms with Gasteiger partial charge in [-0.25, -0.2) is 0 Å². The maximum atomic E-state index is 6.38. The lowest BCUT2D eigenvalue weighted by atomic mass is 10.1. The summed E-state index contributed by atoms with van der Waals surface area (Å²) in [6, 6.07) is 5.82. The van der Waals surface area contributed by atoms with Crippen LogP contribution in [-0.2, 0) is 0 Å². The summed E-state index contributed by atoms with van der Waals surface area (Å²) in [6.45, 7) is 1.12. The molecular weight excluding hydrogens is 495 g/mol. The average Bonchev–Trinajstić information content (AvgIpc) is 2.76. The third kappa shape index (κ3) is 2.90. The van der Waals surface area contributed by atoms with Crippen LogP contribution in [0.2, 0.25) is 5.02 Å². The van der Waals surface area contributed by atoms with Gasteiger partial charge in [0.05, 0.1) is 12.4 Å². The van der Waals surface area contributed by atoms with Crippen LogP contribution in [0.5, 0.6) is 11.5 Å². The molecule has 2 heterocycles. The van der Waals surface area contributed by atoms with Crippen molar-refractivity contribution in [3.05, 3.63) is 41.9 Å². The third-order valence-corrected chi connectivity index (χ3v) is 6.59. The molecule has 2 aromatic rings. The maximum absolute atomic E-state index is 6.38. The molecule has 1 aromatic carbocycles. The quantitative estimate of drug-likeness (QED) is 0.456. The van der Waals surface area contributed by atoms with Crippen molar-refractivity contribution in [2.45, 2.75) is 4.83 Å². The van der Waals surface area contributed by atoms with Gasteiger partial charge in [0, 0.05) is 11.1 Å². The molecule has 7 heteroatoms. The second kappa shape index (κ2) is 6.16. The summed E-state index contributed by atoms with van der Waals surface area (Å²) in [5, 5.41) is 0.658. The fraction of sp³-hybridized carbons (Fsp3) is 0.231. The van der Waals surface area contributed by atoms with Crippen LogP contribution in [0.1, 0.15) is 16.0 Å². The minimum atomic E-state index is -0.0113. The van der Waals surface area contributed by atoms with E-state index in [0.29, 0.717) is 24.0 Å². The third-order valence-electron chi connectivity index (χ3n) is 2.89. The summed E-state index contributed by atoms with van der Waals surface area (Å²) in [5.41, 5.74) is 2.09. The summed E-state index contributed by atoms with van der Waals surface area (Å²) >= 11 is 18.8. The van der Waals surface area contributed by atoms with Crippen LogP contribution < -0.4 is 9.47 Å². The first-order valence-corrected chi connectivity index (χ1v) is 9.43. The van der Waals surface area contributed by atoms with E-state index in [2.05, 4.69) is 53.9 Å². The van der Waals surface area contributed by atoms with Gasteiger partial charge in [0.15, 0.2) is 11.5 Å². The Morgan fingerprint density at radius 2 is 1.70 bits per heavy atom. The molecule has 0 aliphatic carbocycles. The first-order chi connectivity index (χ1) is 9.56. The summed E-state index contributed by atoms with van der Waals surface area (Å²) < 4.78 is 13.3. The van der Waals surface area contributed by atoms with Gasteiger partial charge in [-0.2, -0.15) is 0 Å². The molecule has 20 heavy (non-hydrogen) atoms. The molecule has 1 atom stereocenters. The van der Waals surface area contributed by atoms with Crippen molar-refractivity contribution in [1.82, 2.24) is 0 Å². The van der Waals surface area contributed by atoms with Crippen molar-refractivity contribution in [3.63, 3.8) is 0 Å². The van der Waals surface area contributed by atoms with Crippen LogP contribution in [0.3, 0.4) is 0 Å². The van der Waals surface area contributed by atoms with Crippen LogP contribution in [0.25, 0.3) is 0 Å². The lowest BCUT2D eigenvalue weighted by Crippen LogP contribution is -2.15. The lowest BCUT2D eigenvalue weighted by Gasteiger charge is -2.21. The van der Waals surface area contributed by atoms with E-state index in [0.717, 1.165) is 24.4 Å². The summed E-state index contributed by atoms with van der Waals surface area (Å²) in [5.74, 6) is 1.45. The Morgan fingerprint density at radius 3 is 2.30 bits per heavy atom. The molecule has 1 aliphatic rings. The predicted octanol–water partition coefficient (Wildman–Crippen LogP) is 6.18. The molecule has 0 amide bonds. The molecule has 2 nitrogen and oxygen atoms in total. The molecule has 1 aromatic heterocycles. The van der Waals surface area contributed by atoms with Gasteiger partial charge < -0.3 is 9.47 Å². The second-order valence-corrected chi connectivity index (χ2v) is 9.23. The van der Waals surface area contributed by atoms with Crippen LogP contribution in [-0.4, -0.2) is 13.2 Å². The number of alkyl halides is 1. The number of ether oxygens (including phenoxy) is 2. The Hall–Kier alpha value is 0.250. The van der Waals surface area contributed by atoms with Crippen molar-refractivity contribution < 1.29 is 9.47 Å². The molecule has 0 radical (unpaired) electrons. The highest BCUT2D eigenvalue weighted by molar-refractivity contribution is 9.12. The molecule has 0 fully saturated rings. The average molecular weight is 503 g/mol. The standard InChI is InChI=1S/C13H8Br3ClO2S/c14-11-4-7(13(16)20-11)12(15)6-3-9-10(5-8(6)17)19-2-1-18-9/h3-5,12H,1-2H2. The van der Waals surface area contributed by atoms with E-state index in [1.807, 2.05) is 12.1 Å². The lowest BCUT2D eigenvalue weighted by molar-refractivity contribution is 0.171. The van der Waals surface area contributed by atoms with Crippen molar-refractivity contribution in [2.75, 3.05) is 13.2 Å². The summed E-state index contributed by atoms with van der Waals surface area (Å²) in [7, 11) is 0. The van der Waals surface area contributed by atoms with Gasteiger partial charge >= 0.3 is 0 Å². The highest BCUT2D eigenvalue weighted by Gasteiger charge is 2.22. The highest BCUT2D eigenvalue weighted by atomic mass is 79.9. The Kier molecular flexibility index (Phi) is 4.67. The molecule has 106 valence electrons. The van der Waals surface area contributed by atoms with Crippen molar-refractivity contribution in [3.8, 4) is 11.5 Å². The number of hydrogen-bond donors (Lipinski definition) is 0. The van der Waals surface area contributed by atoms with E-state index in [9.17, 15) is 0 Å². The zero-order chi connectivity index (χ0) is 14.3. The van der Waals surface area contributed by atoms with Gasteiger partial charge in [-0.15, -0.1) is 11.3 Å². The molecule has 0 spiro atoms. The summed E-state index contributed by atoms with van der Waals surface area (Å²) in [6.07, 6.45) is 0. The van der Waals surface area contributed by atoms with Gasteiger partial charge in [-0.3, -0.25) is 0 Å². The van der Waals surface area contributed by atoms with Gasteiger partial charge in [0.25, 0.3) is 0 Å². The van der Waals surface area contributed by atoms with Gasteiger partial charge in [0.2, 0.25) is 0 Å². The second-order valence-electron chi connectivity index (χ2n) is 4.16. The van der Waals surface area contributed by atoms with E-state index in [1.165, 1.54) is 0 Å². The monoisotopic (exact) mass is 500 g/mol. The predicted molar refractivity (Wildman–Crippen MR) is 92.9 cm³/mol. The van der Waals surface area contributed by atoms with E-state index in [-0.39, 0.29) is 4.83 Å². The first-order valence-electron chi connectivity index (χ1n) is 5.74. The number of thiophene rings is 1. The van der Waals surface area contributed by atoms with Crippen molar-refractivity contribution in [2.24, 2.45) is 0 Å². The van der Waals surface area contributed by atoms with Crippen LogP contribution in [0.4, 0.5) is 0 Å². The fourth-order valence-electron chi connectivity index (χ4n) is 1.97. The molecule has 0 bridgehead atoms. The Labute approximate surface area is 150 Å². The number of benzene rings is 1. The molecule has 0 saturated heterocycles. The van der Waals surface area contributed by atoms with E-state index in [1.54, 1.807) is 11.3 Å². The zero-order valence-electron chi connectivity index (χ0n) is 9.96. The Bertz CT molecular complexity index is 659. The largest absolute Gasteiger partial charge is 0.486 e. The minimum absolute atomic E-state index is 0.0113. The van der Waals surface area contributed by atoms with Crippen LogP contribution in [0.15, 0.2) is 25.8 Å². The Balaban J connectivity index is 2.03. The highest BCUT2D eigenvalue weighted by Crippen LogP contribution is 2.46. The molecule has 3 rings (SSSR count). The minimum Gasteiger partial charge on any atom is -0.486 e. The van der Waals surface area contributed by atoms with Gasteiger partial charge in [-0.05, 0) is 55.1 Å².